The van der Waals surface area contributed by atoms with Crippen LogP contribution in [-0.2, 0) is 6.42 Å². The van der Waals surface area contributed by atoms with E-state index in [0.29, 0.717) is 0 Å². The van der Waals surface area contributed by atoms with Gasteiger partial charge in [-0.2, -0.15) is 0 Å². The van der Waals surface area contributed by atoms with E-state index in [1.807, 2.05) is 36.4 Å². The SMILES string of the molecule is COc1ccc(Cc2c(/C=C/c3ccc(Br)cc3)cc(OC)cc2OC)cc1. The molecule has 0 saturated carbocycles. The summed E-state index contributed by atoms with van der Waals surface area (Å²) in [7, 11) is 5.03. The van der Waals surface area contributed by atoms with E-state index in [2.05, 4.69) is 52.3 Å². The third kappa shape index (κ3) is 4.96. The van der Waals surface area contributed by atoms with Gasteiger partial charge in [-0.3, -0.25) is 0 Å². The Morgan fingerprint density at radius 3 is 2.04 bits per heavy atom. The average Bonchev–Trinajstić information content (AvgIpc) is 2.74. The van der Waals surface area contributed by atoms with Gasteiger partial charge in [0, 0.05) is 22.5 Å². The Labute approximate surface area is 174 Å². The fourth-order valence-corrected chi connectivity index (χ4v) is 3.25. The van der Waals surface area contributed by atoms with Crippen molar-refractivity contribution >= 4 is 28.1 Å². The van der Waals surface area contributed by atoms with E-state index in [4.69, 9.17) is 14.2 Å². The maximum absolute atomic E-state index is 5.67. The van der Waals surface area contributed by atoms with Crippen molar-refractivity contribution in [1.29, 1.82) is 0 Å². The molecule has 0 atom stereocenters. The topological polar surface area (TPSA) is 27.7 Å². The van der Waals surface area contributed by atoms with Crippen LogP contribution in [0.1, 0.15) is 22.3 Å². The van der Waals surface area contributed by atoms with E-state index in [0.717, 1.165) is 44.8 Å². The van der Waals surface area contributed by atoms with Gasteiger partial charge >= 0.3 is 0 Å². The first-order chi connectivity index (χ1) is 13.6. The van der Waals surface area contributed by atoms with Crippen LogP contribution in [0.15, 0.2) is 65.1 Å². The van der Waals surface area contributed by atoms with Crippen LogP contribution in [0.3, 0.4) is 0 Å². The molecule has 0 aliphatic heterocycles. The minimum absolute atomic E-state index is 0.747. The van der Waals surface area contributed by atoms with Gasteiger partial charge in [0.2, 0.25) is 0 Å². The molecule has 0 heterocycles. The van der Waals surface area contributed by atoms with Crippen LogP contribution in [0.5, 0.6) is 17.2 Å². The standard InChI is InChI=1S/C24H23BrO3/c1-26-21-12-7-18(8-13-21)14-23-19(15-22(27-2)16-24(23)28-3)9-4-17-5-10-20(25)11-6-17/h4-13,15-16H,14H2,1-3H3/b9-4+. The number of ether oxygens (including phenoxy) is 3. The lowest BCUT2D eigenvalue weighted by atomic mass is 9.97. The van der Waals surface area contributed by atoms with E-state index in [-0.39, 0.29) is 0 Å². The summed E-state index contributed by atoms with van der Waals surface area (Å²) in [6.45, 7) is 0. The highest BCUT2D eigenvalue weighted by Gasteiger charge is 2.12. The highest BCUT2D eigenvalue weighted by atomic mass is 79.9. The Kier molecular flexibility index (Phi) is 6.77. The van der Waals surface area contributed by atoms with Gasteiger partial charge in [0.05, 0.1) is 21.3 Å². The number of methoxy groups -OCH3 is 3. The molecule has 28 heavy (non-hydrogen) atoms. The fourth-order valence-electron chi connectivity index (χ4n) is 2.99. The molecule has 4 heteroatoms. The second-order valence-corrected chi connectivity index (χ2v) is 7.22. The van der Waals surface area contributed by atoms with E-state index >= 15 is 0 Å². The lowest BCUT2D eigenvalue weighted by Crippen LogP contribution is -1.99. The predicted molar refractivity (Wildman–Crippen MR) is 118 cm³/mol. The van der Waals surface area contributed by atoms with Gasteiger partial charge < -0.3 is 14.2 Å². The van der Waals surface area contributed by atoms with E-state index < -0.39 is 0 Å². The summed E-state index contributed by atoms with van der Waals surface area (Å²) in [5, 5.41) is 0. The molecule has 0 aliphatic rings. The lowest BCUT2D eigenvalue weighted by Gasteiger charge is -2.15. The molecule has 3 nitrogen and oxygen atoms in total. The number of rotatable bonds is 7. The number of hydrogen-bond donors (Lipinski definition) is 0. The molecule has 3 aromatic carbocycles. The zero-order valence-corrected chi connectivity index (χ0v) is 17.8. The summed E-state index contributed by atoms with van der Waals surface area (Å²) >= 11 is 3.47. The van der Waals surface area contributed by atoms with Crippen molar-refractivity contribution in [3.63, 3.8) is 0 Å². The van der Waals surface area contributed by atoms with Crippen molar-refractivity contribution in [1.82, 2.24) is 0 Å². The minimum Gasteiger partial charge on any atom is -0.497 e. The molecule has 0 bridgehead atoms. The molecule has 0 radical (unpaired) electrons. The van der Waals surface area contributed by atoms with Crippen molar-refractivity contribution in [2.75, 3.05) is 21.3 Å². The minimum atomic E-state index is 0.747. The molecule has 3 aromatic rings. The van der Waals surface area contributed by atoms with Gasteiger partial charge in [-0.25, -0.2) is 0 Å². The van der Waals surface area contributed by atoms with Crippen LogP contribution in [0.4, 0.5) is 0 Å². The van der Waals surface area contributed by atoms with E-state index in [9.17, 15) is 0 Å². The van der Waals surface area contributed by atoms with Crippen LogP contribution >= 0.6 is 15.9 Å². The Hall–Kier alpha value is -2.72. The molecule has 0 fully saturated rings. The molecule has 0 aliphatic carbocycles. The Bertz CT molecular complexity index is 945. The molecule has 0 amide bonds. The number of halogens is 1. The third-order valence-corrected chi connectivity index (χ3v) is 5.07. The summed E-state index contributed by atoms with van der Waals surface area (Å²) in [5.74, 6) is 2.43. The maximum atomic E-state index is 5.67. The van der Waals surface area contributed by atoms with E-state index in [1.54, 1.807) is 21.3 Å². The third-order valence-electron chi connectivity index (χ3n) is 4.54. The highest BCUT2D eigenvalue weighted by Crippen LogP contribution is 2.32. The Morgan fingerprint density at radius 1 is 0.750 bits per heavy atom. The highest BCUT2D eigenvalue weighted by molar-refractivity contribution is 9.10. The first kappa shape index (κ1) is 20.0. The summed E-state index contributed by atoms with van der Waals surface area (Å²) < 4.78 is 17.5. The smallest absolute Gasteiger partial charge is 0.126 e. The monoisotopic (exact) mass is 438 g/mol. The average molecular weight is 439 g/mol. The molecule has 0 N–H and O–H groups in total. The van der Waals surface area contributed by atoms with Crippen LogP contribution in [-0.4, -0.2) is 21.3 Å². The Balaban J connectivity index is 1.99. The molecule has 3 rings (SSSR count). The largest absolute Gasteiger partial charge is 0.497 e. The molecule has 144 valence electrons. The van der Waals surface area contributed by atoms with Gasteiger partial charge in [0.15, 0.2) is 0 Å². The normalized spacial score (nSPS) is 10.9. The molecule has 0 unspecified atom stereocenters. The second kappa shape index (κ2) is 9.47. The zero-order chi connectivity index (χ0) is 19.9. The predicted octanol–water partition coefficient (Wildman–Crippen LogP) is 6.24. The number of hydrogen-bond acceptors (Lipinski definition) is 3. The fraction of sp³-hybridized carbons (Fsp3) is 0.167. The zero-order valence-electron chi connectivity index (χ0n) is 16.2. The quantitative estimate of drug-likeness (QED) is 0.408. The number of benzene rings is 3. The lowest BCUT2D eigenvalue weighted by molar-refractivity contribution is 0.391. The van der Waals surface area contributed by atoms with Gasteiger partial charge in [-0.15, -0.1) is 0 Å². The summed E-state index contributed by atoms with van der Waals surface area (Å²) in [6, 6.07) is 20.3. The summed E-state index contributed by atoms with van der Waals surface area (Å²) in [5.41, 5.74) is 4.49. The van der Waals surface area contributed by atoms with Crippen LogP contribution in [0, 0.1) is 0 Å². The van der Waals surface area contributed by atoms with Gasteiger partial charge in [-0.05, 0) is 47.0 Å². The first-order valence-electron chi connectivity index (χ1n) is 8.94. The van der Waals surface area contributed by atoms with Crippen LogP contribution in [0.2, 0.25) is 0 Å². The molecule has 0 aromatic heterocycles. The van der Waals surface area contributed by atoms with Crippen molar-refractivity contribution in [3.05, 3.63) is 87.4 Å². The molecular weight excluding hydrogens is 416 g/mol. The van der Waals surface area contributed by atoms with Crippen molar-refractivity contribution < 1.29 is 14.2 Å². The first-order valence-corrected chi connectivity index (χ1v) is 9.73. The second-order valence-electron chi connectivity index (χ2n) is 6.31. The van der Waals surface area contributed by atoms with E-state index in [1.165, 1.54) is 5.56 Å². The summed E-state index contributed by atoms with van der Waals surface area (Å²) in [4.78, 5) is 0. The van der Waals surface area contributed by atoms with Crippen molar-refractivity contribution in [2.24, 2.45) is 0 Å². The van der Waals surface area contributed by atoms with Gasteiger partial charge in [-0.1, -0.05) is 52.3 Å². The maximum Gasteiger partial charge on any atom is 0.126 e. The van der Waals surface area contributed by atoms with Crippen LogP contribution < -0.4 is 14.2 Å². The van der Waals surface area contributed by atoms with Crippen molar-refractivity contribution in [2.45, 2.75) is 6.42 Å². The Morgan fingerprint density at radius 2 is 1.43 bits per heavy atom. The summed E-state index contributed by atoms with van der Waals surface area (Å²) in [6.07, 6.45) is 4.95. The molecular formula is C24H23BrO3. The van der Waals surface area contributed by atoms with Gasteiger partial charge in [0.25, 0.3) is 0 Å². The van der Waals surface area contributed by atoms with Gasteiger partial charge in [0.1, 0.15) is 17.2 Å². The molecule has 0 saturated heterocycles. The van der Waals surface area contributed by atoms with Crippen LogP contribution in [0.25, 0.3) is 12.2 Å². The molecule has 0 spiro atoms. The van der Waals surface area contributed by atoms with Crippen molar-refractivity contribution in [3.8, 4) is 17.2 Å².